The third-order valence-corrected chi connectivity index (χ3v) is 2.51. The second kappa shape index (κ2) is 3.04. The van der Waals surface area contributed by atoms with Crippen LogP contribution in [0.2, 0.25) is 0 Å². The number of para-hydroxylation sites is 1. The monoisotopic (exact) mass is 177 g/mol. The Morgan fingerprint density at radius 3 is 2.69 bits per heavy atom. The summed E-state index contributed by atoms with van der Waals surface area (Å²) in [6.07, 6.45) is 2.16. The lowest BCUT2D eigenvalue weighted by atomic mass is 10.1. The molecule has 1 fully saturated rings. The van der Waals surface area contributed by atoms with Gasteiger partial charge in [-0.1, -0.05) is 18.2 Å². The molecule has 2 nitrogen and oxygen atoms in total. The Morgan fingerprint density at radius 1 is 1.38 bits per heavy atom. The Kier molecular flexibility index (Phi) is 2.00. The molecule has 70 valence electrons. The summed E-state index contributed by atoms with van der Waals surface area (Å²) in [5.41, 5.74) is 7.19. The minimum atomic E-state index is -0.0915. The van der Waals surface area contributed by atoms with Gasteiger partial charge in [0, 0.05) is 11.1 Å². The molecule has 1 aromatic carbocycles. The molecule has 1 saturated carbocycles. The number of rotatable bonds is 3. The summed E-state index contributed by atoms with van der Waals surface area (Å²) in [4.78, 5) is 0. The maximum atomic E-state index is 6.12. The van der Waals surface area contributed by atoms with E-state index in [4.69, 9.17) is 10.5 Å². The SMILES string of the molecule is CCOc1ccccc1C1(N)CC1. The van der Waals surface area contributed by atoms with Gasteiger partial charge in [0.15, 0.2) is 0 Å². The van der Waals surface area contributed by atoms with E-state index in [9.17, 15) is 0 Å². The van der Waals surface area contributed by atoms with Gasteiger partial charge >= 0.3 is 0 Å². The first-order chi connectivity index (χ1) is 6.26. The number of hydrogen-bond acceptors (Lipinski definition) is 2. The quantitative estimate of drug-likeness (QED) is 0.766. The molecule has 1 aromatic rings. The van der Waals surface area contributed by atoms with Crippen LogP contribution in [0.4, 0.5) is 0 Å². The fourth-order valence-electron chi connectivity index (χ4n) is 1.56. The Hall–Kier alpha value is -1.02. The summed E-state index contributed by atoms with van der Waals surface area (Å²) in [5, 5.41) is 0. The van der Waals surface area contributed by atoms with E-state index in [1.807, 2.05) is 25.1 Å². The molecule has 0 bridgehead atoms. The number of ether oxygens (including phenoxy) is 1. The highest BCUT2D eigenvalue weighted by Crippen LogP contribution is 2.46. The summed E-state index contributed by atoms with van der Waals surface area (Å²) in [6.45, 7) is 2.69. The summed E-state index contributed by atoms with van der Waals surface area (Å²) >= 11 is 0. The molecule has 13 heavy (non-hydrogen) atoms. The summed E-state index contributed by atoms with van der Waals surface area (Å²) < 4.78 is 5.52. The lowest BCUT2D eigenvalue weighted by molar-refractivity contribution is 0.333. The zero-order valence-electron chi connectivity index (χ0n) is 7.92. The maximum absolute atomic E-state index is 6.12. The molecule has 0 amide bonds. The van der Waals surface area contributed by atoms with Gasteiger partial charge < -0.3 is 10.5 Å². The Labute approximate surface area is 78.7 Å². The lowest BCUT2D eigenvalue weighted by Gasteiger charge is -2.14. The van der Waals surface area contributed by atoms with E-state index in [2.05, 4.69) is 6.07 Å². The van der Waals surface area contributed by atoms with Crippen LogP contribution in [0, 0.1) is 0 Å². The van der Waals surface area contributed by atoms with Crippen LogP contribution in [-0.4, -0.2) is 6.61 Å². The van der Waals surface area contributed by atoms with Crippen molar-refractivity contribution < 1.29 is 4.74 Å². The van der Waals surface area contributed by atoms with Gasteiger partial charge in [-0.2, -0.15) is 0 Å². The Morgan fingerprint density at radius 2 is 2.08 bits per heavy atom. The average Bonchev–Trinajstić information content (AvgIpc) is 2.86. The van der Waals surface area contributed by atoms with Crippen LogP contribution in [0.3, 0.4) is 0 Å². The van der Waals surface area contributed by atoms with E-state index in [0.717, 1.165) is 24.2 Å². The van der Waals surface area contributed by atoms with Crippen LogP contribution in [0.15, 0.2) is 24.3 Å². The van der Waals surface area contributed by atoms with Gasteiger partial charge in [-0.05, 0) is 25.8 Å². The molecule has 0 saturated heterocycles. The molecular weight excluding hydrogens is 162 g/mol. The zero-order valence-corrected chi connectivity index (χ0v) is 7.92. The zero-order chi connectivity index (χ0) is 9.31. The van der Waals surface area contributed by atoms with Crippen LogP contribution in [0.1, 0.15) is 25.3 Å². The van der Waals surface area contributed by atoms with Crippen molar-refractivity contribution in [1.29, 1.82) is 0 Å². The van der Waals surface area contributed by atoms with Gasteiger partial charge in [0.1, 0.15) is 5.75 Å². The van der Waals surface area contributed by atoms with E-state index in [1.54, 1.807) is 0 Å². The van der Waals surface area contributed by atoms with Crippen molar-refractivity contribution in [1.82, 2.24) is 0 Å². The minimum absolute atomic E-state index is 0.0915. The Bertz CT molecular complexity index is 305. The standard InChI is InChI=1S/C11H15NO/c1-2-13-10-6-4-3-5-9(10)11(12)7-8-11/h3-6H,2,7-8,12H2,1H3. The highest BCUT2D eigenvalue weighted by molar-refractivity contribution is 5.41. The highest BCUT2D eigenvalue weighted by atomic mass is 16.5. The third kappa shape index (κ3) is 1.54. The molecule has 0 radical (unpaired) electrons. The van der Waals surface area contributed by atoms with Gasteiger partial charge in [0.05, 0.1) is 6.61 Å². The van der Waals surface area contributed by atoms with E-state index in [0.29, 0.717) is 6.61 Å². The van der Waals surface area contributed by atoms with E-state index < -0.39 is 0 Å². The van der Waals surface area contributed by atoms with Crippen molar-refractivity contribution in [2.75, 3.05) is 6.61 Å². The van der Waals surface area contributed by atoms with Crippen molar-refractivity contribution in [3.8, 4) is 5.75 Å². The molecule has 1 aliphatic carbocycles. The molecule has 2 N–H and O–H groups in total. The molecule has 2 heteroatoms. The van der Waals surface area contributed by atoms with Crippen molar-refractivity contribution in [3.63, 3.8) is 0 Å². The molecule has 0 spiro atoms. The van der Waals surface area contributed by atoms with Crippen molar-refractivity contribution in [2.24, 2.45) is 5.73 Å². The molecule has 0 aliphatic heterocycles. The maximum Gasteiger partial charge on any atom is 0.124 e. The van der Waals surface area contributed by atoms with Gasteiger partial charge in [-0.15, -0.1) is 0 Å². The second-order valence-corrected chi connectivity index (χ2v) is 3.59. The van der Waals surface area contributed by atoms with E-state index in [1.165, 1.54) is 0 Å². The molecule has 0 aromatic heterocycles. The summed E-state index contributed by atoms with van der Waals surface area (Å²) in [7, 11) is 0. The lowest BCUT2D eigenvalue weighted by Crippen LogP contribution is -2.19. The van der Waals surface area contributed by atoms with Crippen LogP contribution in [-0.2, 0) is 5.54 Å². The highest BCUT2D eigenvalue weighted by Gasteiger charge is 2.41. The molecule has 0 heterocycles. The summed E-state index contributed by atoms with van der Waals surface area (Å²) in [5.74, 6) is 0.949. The Balaban J connectivity index is 2.32. The fourth-order valence-corrected chi connectivity index (χ4v) is 1.56. The predicted octanol–water partition coefficient (Wildman–Crippen LogP) is 2.03. The van der Waals surface area contributed by atoms with E-state index in [-0.39, 0.29) is 5.54 Å². The van der Waals surface area contributed by atoms with E-state index >= 15 is 0 Å². The van der Waals surface area contributed by atoms with Crippen LogP contribution >= 0.6 is 0 Å². The first-order valence-electron chi connectivity index (χ1n) is 4.77. The molecular formula is C11H15NO. The number of hydrogen-bond donors (Lipinski definition) is 1. The topological polar surface area (TPSA) is 35.2 Å². The van der Waals surface area contributed by atoms with Crippen LogP contribution in [0.5, 0.6) is 5.75 Å². The first kappa shape index (κ1) is 8.57. The van der Waals surface area contributed by atoms with Gasteiger partial charge in [0.25, 0.3) is 0 Å². The molecule has 0 atom stereocenters. The molecule has 0 unspecified atom stereocenters. The first-order valence-corrected chi connectivity index (χ1v) is 4.77. The van der Waals surface area contributed by atoms with Crippen molar-refractivity contribution in [3.05, 3.63) is 29.8 Å². The normalized spacial score (nSPS) is 18.3. The minimum Gasteiger partial charge on any atom is -0.494 e. The molecule has 1 aliphatic rings. The second-order valence-electron chi connectivity index (χ2n) is 3.59. The third-order valence-electron chi connectivity index (χ3n) is 2.51. The van der Waals surface area contributed by atoms with Gasteiger partial charge in [-0.3, -0.25) is 0 Å². The number of benzene rings is 1. The largest absolute Gasteiger partial charge is 0.494 e. The van der Waals surface area contributed by atoms with Crippen molar-refractivity contribution in [2.45, 2.75) is 25.3 Å². The van der Waals surface area contributed by atoms with Gasteiger partial charge in [0.2, 0.25) is 0 Å². The smallest absolute Gasteiger partial charge is 0.124 e. The van der Waals surface area contributed by atoms with Gasteiger partial charge in [-0.25, -0.2) is 0 Å². The summed E-state index contributed by atoms with van der Waals surface area (Å²) in [6, 6.07) is 8.06. The predicted molar refractivity (Wildman–Crippen MR) is 52.7 cm³/mol. The average molecular weight is 177 g/mol. The van der Waals surface area contributed by atoms with Crippen LogP contribution in [0.25, 0.3) is 0 Å². The fraction of sp³-hybridized carbons (Fsp3) is 0.455. The van der Waals surface area contributed by atoms with Crippen molar-refractivity contribution >= 4 is 0 Å². The number of nitrogens with two attached hydrogens (primary N) is 1. The van der Waals surface area contributed by atoms with Crippen LogP contribution < -0.4 is 10.5 Å². The molecule has 2 rings (SSSR count).